The predicted molar refractivity (Wildman–Crippen MR) is 54.2 cm³/mol. The van der Waals surface area contributed by atoms with Gasteiger partial charge in [0.2, 0.25) is 0 Å². The van der Waals surface area contributed by atoms with Gasteiger partial charge in [-0.3, -0.25) is 0 Å². The predicted octanol–water partition coefficient (Wildman–Crippen LogP) is 1.69. The SMILES string of the molecule is N#CCOc1ccccc1/C=C/C(=O)O. The molecule has 0 aliphatic carbocycles. The van der Waals surface area contributed by atoms with E-state index in [9.17, 15) is 4.79 Å². The quantitative estimate of drug-likeness (QED) is 0.756. The molecule has 1 N–H and O–H groups in total. The van der Waals surface area contributed by atoms with Crippen LogP contribution in [0, 0.1) is 11.3 Å². The molecular weight excluding hydrogens is 194 g/mol. The molecule has 0 spiro atoms. The topological polar surface area (TPSA) is 70.3 Å². The summed E-state index contributed by atoms with van der Waals surface area (Å²) in [5.74, 6) is -0.526. The van der Waals surface area contributed by atoms with E-state index in [4.69, 9.17) is 15.1 Å². The van der Waals surface area contributed by atoms with Crippen molar-refractivity contribution in [1.29, 1.82) is 5.26 Å². The Balaban J connectivity index is 2.86. The minimum atomic E-state index is -1.02. The van der Waals surface area contributed by atoms with Gasteiger partial charge >= 0.3 is 5.97 Å². The minimum Gasteiger partial charge on any atom is -0.478 e. The van der Waals surface area contributed by atoms with Crippen molar-refractivity contribution in [2.75, 3.05) is 6.61 Å². The van der Waals surface area contributed by atoms with Crippen LogP contribution in [0.3, 0.4) is 0 Å². The zero-order chi connectivity index (χ0) is 11.1. The number of aliphatic carboxylic acids is 1. The molecule has 0 bridgehead atoms. The van der Waals surface area contributed by atoms with Gasteiger partial charge in [0.05, 0.1) is 0 Å². The average molecular weight is 203 g/mol. The lowest BCUT2D eigenvalue weighted by atomic mass is 10.2. The van der Waals surface area contributed by atoms with Gasteiger partial charge in [0, 0.05) is 11.6 Å². The molecule has 4 heteroatoms. The molecule has 15 heavy (non-hydrogen) atoms. The summed E-state index contributed by atoms with van der Waals surface area (Å²) in [6.07, 6.45) is 2.45. The Morgan fingerprint density at radius 2 is 2.27 bits per heavy atom. The van der Waals surface area contributed by atoms with Crippen molar-refractivity contribution in [1.82, 2.24) is 0 Å². The standard InChI is InChI=1S/C11H9NO3/c12-7-8-15-10-4-2-1-3-9(10)5-6-11(13)14/h1-6H,8H2,(H,13,14)/b6-5+. The van der Waals surface area contributed by atoms with Crippen LogP contribution in [0.15, 0.2) is 30.3 Å². The number of nitriles is 1. The molecule has 0 aliphatic rings. The summed E-state index contributed by atoms with van der Waals surface area (Å²) < 4.78 is 5.11. The van der Waals surface area contributed by atoms with Gasteiger partial charge in [-0.05, 0) is 12.1 Å². The molecule has 0 radical (unpaired) electrons. The van der Waals surface area contributed by atoms with Crippen molar-refractivity contribution >= 4 is 12.0 Å². The largest absolute Gasteiger partial charge is 0.478 e. The van der Waals surface area contributed by atoms with Gasteiger partial charge < -0.3 is 9.84 Å². The molecule has 0 saturated heterocycles. The molecule has 0 saturated carbocycles. The van der Waals surface area contributed by atoms with Gasteiger partial charge in [0.25, 0.3) is 0 Å². The number of nitrogens with zero attached hydrogens (tertiary/aromatic N) is 1. The Kier molecular flexibility index (Phi) is 3.92. The first kappa shape index (κ1) is 10.8. The maximum atomic E-state index is 10.3. The summed E-state index contributed by atoms with van der Waals surface area (Å²) in [4.78, 5) is 10.3. The van der Waals surface area contributed by atoms with Gasteiger partial charge in [-0.2, -0.15) is 5.26 Å². The maximum Gasteiger partial charge on any atom is 0.328 e. The lowest BCUT2D eigenvalue weighted by Gasteiger charge is -2.04. The van der Waals surface area contributed by atoms with E-state index in [1.54, 1.807) is 24.3 Å². The Labute approximate surface area is 87.0 Å². The van der Waals surface area contributed by atoms with Crippen LogP contribution < -0.4 is 4.74 Å². The van der Waals surface area contributed by atoms with Crippen LogP contribution in [-0.2, 0) is 4.79 Å². The van der Waals surface area contributed by atoms with Crippen LogP contribution in [0.25, 0.3) is 6.08 Å². The first-order valence-electron chi connectivity index (χ1n) is 4.24. The van der Waals surface area contributed by atoms with Crippen molar-refractivity contribution in [3.05, 3.63) is 35.9 Å². The van der Waals surface area contributed by atoms with Gasteiger partial charge in [0.15, 0.2) is 6.61 Å². The lowest BCUT2D eigenvalue weighted by molar-refractivity contribution is -0.131. The second-order valence-electron chi connectivity index (χ2n) is 2.66. The molecule has 76 valence electrons. The van der Waals surface area contributed by atoms with Gasteiger partial charge in [-0.15, -0.1) is 0 Å². The van der Waals surface area contributed by atoms with Gasteiger partial charge in [0.1, 0.15) is 11.8 Å². The number of hydrogen-bond donors (Lipinski definition) is 1. The number of carbonyl (C=O) groups is 1. The van der Waals surface area contributed by atoms with E-state index in [-0.39, 0.29) is 6.61 Å². The number of hydrogen-bond acceptors (Lipinski definition) is 3. The molecule has 0 fully saturated rings. The molecular formula is C11H9NO3. The Bertz CT molecular complexity index is 418. The minimum absolute atomic E-state index is 0.0576. The fourth-order valence-electron chi connectivity index (χ4n) is 1.02. The summed E-state index contributed by atoms with van der Waals surface area (Å²) in [6, 6.07) is 8.76. The van der Waals surface area contributed by atoms with Crippen LogP contribution >= 0.6 is 0 Å². The van der Waals surface area contributed by atoms with Crippen LogP contribution in [0.4, 0.5) is 0 Å². The summed E-state index contributed by atoms with van der Waals surface area (Å²) >= 11 is 0. The molecule has 0 aromatic heterocycles. The molecule has 1 aromatic rings. The van der Waals surface area contributed by atoms with Crippen molar-refractivity contribution in [2.24, 2.45) is 0 Å². The van der Waals surface area contributed by atoms with Crippen LogP contribution in [-0.4, -0.2) is 17.7 Å². The molecule has 0 heterocycles. The van der Waals surface area contributed by atoms with Crippen LogP contribution in [0.1, 0.15) is 5.56 Å². The summed E-state index contributed by atoms with van der Waals surface area (Å²) in [5, 5.41) is 16.8. The number of rotatable bonds is 4. The highest BCUT2D eigenvalue weighted by Crippen LogP contribution is 2.19. The Hall–Kier alpha value is -2.28. The van der Waals surface area contributed by atoms with E-state index >= 15 is 0 Å². The van der Waals surface area contributed by atoms with E-state index in [1.807, 2.05) is 6.07 Å². The third-order valence-corrected chi connectivity index (χ3v) is 1.62. The van der Waals surface area contributed by atoms with Crippen LogP contribution in [0.5, 0.6) is 5.75 Å². The highest BCUT2D eigenvalue weighted by molar-refractivity contribution is 5.85. The van der Waals surface area contributed by atoms with Crippen molar-refractivity contribution in [3.63, 3.8) is 0 Å². The average Bonchev–Trinajstić information content (AvgIpc) is 2.24. The lowest BCUT2D eigenvalue weighted by Crippen LogP contribution is -1.95. The molecule has 1 aromatic carbocycles. The Morgan fingerprint density at radius 1 is 1.53 bits per heavy atom. The number of ether oxygens (including phenoxy) is 1. The number of para-hydroxylation sites is 1. The number of carboxylic acid groups (broad SMARTS) is 1. The second kappa shape index (κ2) is 5.45. The molecule has 0 atom stereocenters. The fourth-order valence-corrected chi connectivity index (χ4v) is 1.02. The summed E-state index contributed by atoms with van der Waals surface area (Å²) in [7, 11) is 0. The van der Waals surface area contributed by atoms with Crippen molar-refractivity contribution in [2.45, 2.75) is 0 Å². The van der Waals surface area contributed by atoms with E-state index in [1.165, 1.54) is 6.08 Å². The number of carboxylic acids is 1. The summed E-state index contributed by atoms with van der Waals surface area (Å²) in [6.45, 7) is -0.0576. The molecule has 0 unspecified atom stereocenters. The van der Waals surface area contributed by atoms with Crippen LogP contribution in [0.2, 0.25) is 0 Å². The normalized spacial score (nSPS) is 9.80. The molecule has 1 rings (SSSR count). The van der Waals surface area contributed by atoms with E-state index in [2.05, 4.69) is 0 Å². The zero-order valence-corrected chi connectivity index (χ0v) is 7.88. The molecule has 0 aliphatic heterocycles. The number of benzene rings is 1. The van der Waals surface area contributed by atoms with Crippen molar-refractivity contribution in [3.8, 4) is 11.8 Å². The first-order chi connectivity index (χ1) is 7.24. The third kappa shape index (κ3) is 3.53. The Morgan fingerprint density at radius 3 is 2.93 bits per heavy atom. The van der Waals surface area contributed by atoms with E-state index in [0.29, 0.717) is 11.3 Å². The smallest absolute Gasteiger partial charge is 0.328 e. The molecule has 4 nitrogen and oxygen atoms in total. The molecule has 0 amide bonds. The van der Waals surface area contributed by atoms with Gasteiger partial charge in [-0.1, -0.05) is 18.2 Å². The van der Waals surface area contributed by atoms with E-state index < -0.39 is 5.97 Å². The fraction of sp³-hybridized carbons (Fsp3) is 0.0909. The summed E-state index contributed by atoms with van der Waals surface area (Å²) in [5.41, 5.74) is 0.634. The van der Waals surface area contributed by atoms with Gasteiger partial charge in [-0.25, -0.2) is 4.79 Å². The highest BCUT2D eigenvalue weighted by Gasteiger charge is 1.99. The zero-order valence-electron chi connectivity index (χ0n) is 7.88. The van der Waals surface area contributed by atoms with E-state index in [0.717, 1.165) is 6.08 Å². The monoisotopic (exact) mass is 203 g/mol. The second-order valence-corrected chi connectivity index (χ2v) is 2.66. The maximum absolute atomic E-state index is 10.3. The van der Waals surface area contributed by atoms with Crippen molar-refractivity contribution < 1.29 is 14.6 Å². The first-order valence-corrected chi connectivity index (χ1v) is 4.24. The third-order valence-electron chi connectivity index (χ3n) is 1.62. The highest BCUT2D eigenvalue weighted by atomic mass is 16.5.